The first-order chi connectivity index (χ1) is 32.4. The van der Waals surface area contributed by atoms with Crippen molar-refractivity contribution in [2.45, 2.75) is 142 Å². The number of unbranched alkanes of at least 4 members (excludes halogenated alkanes) is 11. The van der Waals surface area contributed by atoms with Crippen molar-refractivity contribution in [1.82, 2.24) is 20.4 Å². The third kappa shape index (κ3) is 33.9. The summed E-state index contributed by atoms with van der Waals surface area (Å²) in [5.74, 6) is -2.55. The molecular formula is C49H80N4O12S2. The van der Waals surface area contributed by atoms with E-state index in [4.69, 9.17) is 18.9 Å². The van der Waals surface area contributed by atoms with E-state index in [0.717, 1.165) is 44.9 Å². The van der Waals surface area contributed by atoms with Crippen LogP contribution < -0.4 is 15.4 Å². The number of esters is 4. The van der Waals surface area contributed by atoms with Crippen LogP contribution in [-0.4, -0.2) is 142 Å². The first-order valence-corrected chi connectivity index (χ1v) is 26.6. The van der Waals surface area contributed by atoms with E-state index in [1.165, 1.54) is 73.0 Å². The molecule has 1 aromatic rings. The van der Waals surface area contributed by atoms with Gasteiger partial charge in [-0.3, -0.25) is 33.8 Å². The van der Waals surface area contributed by atoms with Gasteiger partial charge in [0.15, 0.2) is 0 Å². The van der Waals surface area contributed by atoms with E-state index < -0.39 is 35.9 Å². The van der Waals surface area contributed by atoms with Crippen LogP contribution in [0.4, 0.5) is 0 Å². The van der Waals surface area contributed by atoms with Crippen LogP contribution in [0.5, 0.6) is 5.75 Å². The average molecular weight is 981 g/mol. The first-order valence-electron chi connectivity index (χ1n) is 24.1. The Morgan fingerprint density at radius 3 is 1.58 bits per heavy atom. The maximum atomic E-state index is 13.2. The van der Waals surface area contributed by atoms with Crippen molar-refractivity contribution in [3.05, 3.63) is 42.0 Å². The number of carbonyl (C=O) groups excluding carboxylic acids is 7. The van der Waals surface area contributed by atoms with Crippen molar-refractivity contribution in [2.24, 2.45) is 0 Å². The lowest BCUT2D eigenvalue weighted by Gasteiger charge is -2.21. The van der Waals surface area contributed by atoms with Gasteiger partial charge in [0.05, 0.1) is 19.5 Å². The quantitative estimate of drug-likeness (QED) is 0.0129. The van der Waals surface area contributed by atoms with Crippen molar-refractivity contribution in [2.75, 3.05) is 78.2 Å². The van der Waals surface area contributed by atoms with Gasteiger partial charge in [0.25, 0.3) is 6.47 Å². The number of hydrogen-bond donors (Lipinski definition) is 2. The summed E-state index contributed by atoms with van der Waals surface area (Å²) >= 11 is 0. The second-order valence-electron chi connectivity index (χ2n) is 16.4. The van der Waals surface area contributed by atoms with E-state index in [9.17, 15) is 33.6 Å². The molecule has 0 aliphatic rings. The summed E-state index contributed by atoms with van der Waals surface area (Å²) in [5, 5.41) is 5.40. The van der Waals surface area contributed by atoms with Crippen LogP contribution in [0.25, 0.3) is 0 Å². The van der Waals surface area contributed by atoms with Gasteiger partial charge in [0.2, 0.25) is 11.8 Å². The molecule has 0 saturated carbocycles. The van der Waals surface area contributed by atoms with Gasteiger partial charge in [-0.05, 0) is 89.8 Å². The molecule has 2 amide bonds. The Hall–Kier alpha value is -4.13. The van der Waals surface area contributed by atoms with Crippen LogP contribution in [0.3, 0.4) is 0 Å². The van der Waals surface area contributed by atoms with Crippen LogP contribution in [-0.2, 0) is 58.9 Å². The fraction of sp³-hybridized carbons (Fsp3) is 0.694. The third-order valence-corrected chi connectivity index (χ3v) is 12.5. The summed E-state index contributed by atoms with van der Waals surface area (Å²) in [6.45, 7) is 7.13. The van der Waals surface area contributed by atoms with Crippen LogP contribution in [0.15, 0.2) is 36.4 Å². The molecule has 380 valence electrons. The van der Waals surface area contributed by atoms with Crippen molar-refractivity contribution < 1.29 is 57.2 Å². The van der Waals surface area contributed by atoms with E-state index >= 15 is 0 Å². The molecule has 2 atom stereocenters. The Bertz CT molecular complexity index is 1570. The molecule has 1 aromatic carbocycles. The molecule has 0 radical (unpaired) electrons. The van der Waals surface area contributed by atoms with Crippen LogP contribution in [0.1, 0.15) is 129 Å². The van der Waals surface area contributed by atoms with Gasteiger partial charge in [-0.2, -0.15) is 0 Å². The normalized spacial score (nSPS) is 12.1. The second kappa shape index (κ2) is 40.9. The van der Waals surface area contributed by atoms with Crippen LogP contribution in [0, 0.1) is 0 Å². The number of carbonyl (C=O) groups is 7. The fourth-order valence-electron chi connectivity index (χ4n) is 6.61. The number of likely N-dealkylation sites (N-methyl/N-ethyl adjacent to an activating group) is 2. The Labute approximate surface area is 407 Å². The number of rotatable bonds is 42. The zero-order valence-electron chi connectivity index (χ0n) is 40.9. The highest BCUT2D eigenvalue weighted by molar-refractivity contribution is 8.76. The van der Waals surface area contributed by atoms with E-state index in [1.807, 2.05) is 23.6 Å². The molecule has 2 unspecified atom stereocenters. The Kier molecular flexibility index (Phi) is 37.2. The summed E-state index contributed by atoms with van der Waals surface area (Å²) in [5.41, 5.74) is 0.648. The molecular weight excluding hydrogens is 901 g/mol. The highest BCUT2D eigenvalue weighted by Crippen LogP contribution is 2.24. The summed E-state index contributed by atoms with van der Waals surface area (Å²) in [4.78, 5) is 90.7. The SMILES string of the molecule is CCCCCCCC/C=C\CCCCCCCC(=O)Oc1ccc(CC(=O)OCCOC(=O)C(CSSCC(NC(=O)CN(C)CCC)C(=O)OCCOC=O)NC(=O)CN(C)CCC)cc1. The minimum absolute atomic E-state index is 0.0497. The molecule has 0 heterocycles. The molecule has 1 rings (SSSR count). The van der Waals surface area contributed by atoms with Crippen LogP contribution in [0.2, 0.25) is 0 Å². The standard InChI is InChI=1S/C49H80N4O12S2/c1-6-9-10-11-12-13-14-15-16-17-18-19-20-21-22-23-46(57)65-41-26-24-40(25-27-41)34-47(58)62-32-33-64-49(60)43(51-45(56)36-53(5)29-8-3)38-67-66-37-42(48(59)63-31-30-61-39-54)50-44(55)35-52(4)28-7-2/h15-16,24-27,39,42-43H,6-14,17-23,28-38H2,1-5H3,(H,50,55)(H,51,56)/b16-15-. The summed E-state index contributed by atoms with van der Waals surface area (Å²) in [6, 6.07) is 4.52. The molecule has 16 nitrogen and oxygen atoms in total. The van der Waals surface area contributed by atoms with Gasteiger partial charge in [0.1, 0.15) is 44.3 Å². The smallest absolute Gasteiger partial charge is 0.329 e. The van der Waals surface area contributed by atoms with Gasteiger partial charge in [-0.25, -0.2) is 9.59 Å². The van der Waals surface area contributed by atoms with Gasteiger partial charge in [-0.1, -0.05) is 118 Å². The van der Waals surface area contributed by atoms with Crippen molar-refractivity contribution in [3.63, 3.8) is 0 Å². The maximum Gasteiger partial charge on any atom is 0.329 e. The van der Waals surface area contributed by atoms with Crippen LogP contribution >= 0.6 is 21.6 Å². The number of nitrogens with zero attached hydrogens (tertiary/aromatic N) is 2. The molecule has 0 aromatic heterocycles. The number of hydrogen-bond acceptors (Lipinski definition) is 16. The molecule has 0 fully saturated rings. The minimum atomic E-state index is -1.08. The largest absolute Gasteiger partial charge is 0.464 e. The highest BCUT2D eigenvalue weighted by Gasteiger charge is 2.26. The Morgan fingerprint density at radius 1 is 0.597 bits per heavy atom. The van der Waals surface area contributed by atoms with Crippen molar-refractivity contribution in [1.29, 1.82) is 0 Å². The number of allylic oxidation sites excluding steroid dienone is 2. The first kappa shape index (κ1) is 60.9. The second-order valence-corrected chi connectivity index (χ2v) is 19.0. The molecule has 18 heteroatoms. The predicted molar refractivity (Wildman–Crippen MR) is 264 cm³/mol. The average Bonchev–Trinajstić information content (AvgIpc) is 3.29. The number of benzene rings is 1. The highest BCUT2D eigenvalue weighted by atomic mass is 33.1. The van der Waals surface area contributed by atoms with E-state index in [1.54, 1.807) is 38.4 Å². The molecule has 0 spiro atoms. The van der Waals surface area contributed by atoms with Crippen molar-refractivity contribution in [3.8, 4) is 5.75 Å². The zero-order chi connectivity index (χ0) is 49.3. The summed E-state index contributed by atoms with van der Waals surface area (Å²) in [6.07, 6.45) is 22.0. The summed E-state index contributed by atoms with van der Waals surface area (Å²) < 4.78 is 25.9. The van der Waals surface area contributed by atoms with E-state index in [2.05, 4.69) is 34.4 Å². The summed E-state index contributed by atoms with van der Waals surface area (Å²) in [7, 11) is 5.94. The zero-order valence-corrected chi connectivity index (χ0v) is 42.5. The lowest BCUT2D eigenvalue weighted by Crippen LogP contribution is -2.47. The topological polar surface area (TPSA) is 196 Å². The Balaban J connectivity index is 2.54. The third-order valence-electron chi connectivity index (χ3n) is 10.1. The lowest BCUT2D eigenvalue weighted by atomic mass is 10.1. The number of amides is 2. The van der Waals surface area contributed by atoms with E-state index in [0.29, 0.717) is 30.8 Å². The Morgan fingerprint density at radius 2 is 1.07 bits per heavy atom. The number of nitrogens with one attached hydrogen (secondary N) is 2. The molecule has 67 heavy (non-hydrogen) atoms. The maximum absolute atomic E-state index is 13.2. The monoisotopic (exact) mass is 981 g/mol. The predicted octanol–water partition coefficient (Wildman–Crippen LogP) is 7.01. The lowest BCUT2D eigenvalue weighted by molar-refractivity contribution is -0.153. The van der Waals surface area contributed by atoms with Gasteiger partial charge < -0.3 is 34.3 Å². The van der Waals surface area contributed by atoms with Gasteiger partial charge in [-0.15, -0.1) is 0 Å². The fourth-order valence-corrected chi connectivity index (χ4v) is 8.91. The number of ether oxygens (including phenoxy) is 5. The van der Waals surface area contributed by atoms with Gasteiger partial charge in [0, 0.05) is 17.9 Å². The van der Waals surface area contributed by atoms with Crippen molar-refractivity contribution >= 4 is 63.8 Å². The molecule has 0 bridgehead atoms. The molecule has 0 aliphatic carbocycles. The van der Waals surface area contributed by atoms with Gasteiger partial charge >= 0.3 is 23.9 Å². The molecule has 0 aliphatic heterocycles. The molecule has 2 N–H and O–H groups in total. The molecule has 0 saturated heterocycles. The van der Waals surface area contributed by atoms with E-state index in [-0.39, 0.29) is 75.8 Å². The minimum Gasteiger partial charge on any atom is -0.464 e.